The van der Waals surface area contributed by atoms with E-state index < -0.39 is 20.0 Å². The Morgan fingerprint density at radius 1 is 0.722 bits per heavy atom. The molecular formula is C26H24NO6PS2. The van der Waals surface area contributed by atoms with E-state index in [9.17, 15) is 16.8 Å². The number of hydrogen-bond donors (Lipinski definition) is 1. The van der Waals surface area contributed by atoms with E-state index >= 15 is 0 Å². The second kappa shape index (κ2) is 10.7. The molecule has 0 heterocycles. The maximum Gasteiger partial charge on any atom is 0.339 e. The van der Waals surface area contributed by atoms with Gasteiger partial charge in [-0.25, -0.2) is 8.42 Å². The van der Waals surface area contributed by atoms with Crippen molar-refractivity contribution >= 4 is 40.2 Å². The van der Waals surface area contributed by atoms with Gasteiger partial charge in [-0.3, -0.25) is 0 Å². The predicted octanol–water partition coefficient (Wildman–Crippen LogP) is 4.41. The van der Waals surface area contributed by atoms with Gasteiger partial charge >= 0.3 is 10.1 Å². The van der Waals surface area contributed by atoms with E-state index in [0.29, 0.717) is 6.54 Å². The van der Waals surface area contributed by atoms with Crippen LogP contribution in [0.3, 0.4) is 0 Å². The summed E-state index contributed by atoms with van der Waals surface area (Å²) in [4.78, 5) is -0.326. The monoisotopic (exact) mass is 541 g/mol. The van der Waals surface area contributed by atoms with Crippen molar-refractivity contribution in [1.29, 1.82) is 0 Å². The van der Waals surface area contributed by atoms with Gasteiger partial charge in [0.15, 0.2) is 0 Å². The highest BCUT2D eigenvalue weighted by atomic mass is 32.2. The van der Waals surface area contributed by atoms with E-state index in [-0.39, 0.29) is 20.4 Å². The summed E-state index contributed by atoms with van der Waals surface area (Å²) in [5.41, 5.74) is 1.80. The molecule has 0 aliphatic carbocycles. The highest BCUT2D eigenvalue weighted by Gasteiger charge is 2.23. The lowest BCUT2D eigenvalue weighted by atomic mass is 10.2. The molecule has 4 rings (SSSR count). The number of anilines is 1. The number of nitrogens with one attached hydrogen (secondary N) is 1. The summed E-state index contributed by atoms with van der Waals surface area (Å²) in [7, 11) is -4.07. The van der Waals surface area contributed by atoms with Gasteiger partial charge in [-0.05, 0) is 77.6 Å². The largest absolute Gasteiger partial charge is 0.497 e. The average molecular weight is 542 g/mol. The molecule has 1 unspecified atom stereocenters. The Hall–Kier alpha value is -3.39. The van der Waals surface area contributed by atoms with Crippen LogP contribution in [0.15, 0.2) is 112 Å². The number of rotatable bonds is 9. The molecule has 4 aromatic rings. The zero-order chi connectivity index (χ0) is 25.8. The molecule has 0 amide bonds. The maximum atomic E-state index is 13.0. The molecule has 0 fully saturated rings. The van der Waals surface area contributed by atoms with Crippen LogP contribution in [-0.2, 0) is 26.5 Å². The highest BCUT2D eigenvalue weighted by Crippen LogP contribution is 2.26. The van der Waals surface area contributed by atoms with Crippen LogP contribution in [0.4, 0.5) is 5.69 Å². The standard InChI is InChI=1S/C26H24NO6PS2/c1-32-22-5-2-4-19(16-22)18-27-20-8-10-21(11-9-20)33-36(30,31)26-7-3-6-25(17-26)35(28,29)24-14-12-23(34)13-15-24/h2-17,27H,18,34H2,1H3. The fourth-order valence-corrected chi connectivity index (χ4v) is 5.92. The van der Waals surface area contributed by atoms with Gasteiger partial charge in [0.25, 0.3) is 0 Å². The predicted molar refractivity (Wildman–Crippen MR) is 142 cm³/mol. The summed E-state index contributed by atoms with van der Waals surface area (Å²) >= 11 is 0. The molecule has 0 spiro atoms. The number of methoxy groups -OCH3 is 1. The van der Waals surface area contributed by atoms with Crippen LogP contribution in [0.5, 0.6) is 11.5 Å². The molecule has 0 saturated heterocycles. The van der Waals surface area contributed by atoms with Gasteiger partial charge in [0.2, 0.25) is 9.84 Å². The minimum atomic E-state index is -4.26. The molecule has 0 aliphatic heterocycles. The zero-order valence-electron chi connectivity index (χ0n) is 19.3. The van der Waals surface area contributed by atoms with Gasteiger partial charge < -0.3 is 14.2 Å². The molecule has 7 nitrogen and oxygen atoms in total. The van der Waals surface area contributed by atoms with E-state index in [1.54, 1.807) is 31.4 Å². The zero-order valence-corrected chi connectivity index (χ0v) is 22.1. The van der Waals surface area contributed by atoms with Gasteiger partial charge in [0, 0.05) is 12.2 Å². The summed E-state index contributed by atoms with van der Waals surface area (Å²) in [5, 5.41) is 4.08. The van der Waals surface area contributed by atoms with Crippen LogP contribution in [0.2, 0.25) is 0 Å². The fraction of sp³-hybridized carbons (Fsp3) is 0.0769. The van der Waals surface area contributed by atoms with E-state index in [1.807, 2.05) is 24.3 Å². The van der Waals surface area contributed by atoms with Gasteiger partial charge in [-0.2, -0.15) is 8.42 Å². The smallest absolute Gasteiger partial charge is 0.339 e. The van der Waals surface area contributed by atoms with Crippen molar-refractivity contribution in [1.82, 2.24) is 0 Å². The lowest BCUT2D eigenvalue weighted by Crippen LogP contribution is -2.11. The lowest BCUT2D eigenvalue weighted by molar-refractivity contribution is 0.414. The van der Waals surface area contributed by atoms with Gasteiger partial charge in [0.05, 0.1) is 16.9 Å². The van der Waals surface area contributed by atoms with Crippen molar-refractivity contribution < 1.29 is 25.8 Å². The lowest BCUT2D eigenvalue weighted by Gasteiger charge is -2.11. The Balaban J connectivity index is 1.47. The first-order valence-electron chi connectivity index (χ1n) is 10.8. The first-order valence-corrected chi connectivity index (χ1v) is 14.3. The van der Waals surface area contributed by atoms with E-state index in [4.69, 9.17) is 8.92 Å². The van der Waals surface area contributed by atoms with Crippen molar-refractivity contribution in [2.24, 2.45) is 0 Å². The normalized spacial score (nSPS) is 11.6. The molecule has 0 aliphatic rings. The van der Waals surface area contributed by atoms with Crippen LogP contribution in [0.25, 0.3) is 0 Å². The third kappa shape index (κ3) is 6.05. The van der Waals surface area contributed by atoms with E-state index in [1.165, 1.54) is 42.5 Å². The number of ether oxygens (including phenoxy) is 1. The van der Waals surface area contributed by atoms with E-state index in [2.05, 4.69) is 14.6 Å². The van der Waals surface area contributed by atoms with Crippen molar-refractivity contribution in [3.05, 3.63) is 103 Å². The second-order valence-corrected chi connectivity index (χ2v) is 12.0. The topological polar surface area (TPSA) is 98.8 Å². The summed E-state index contributed by atoms with van der Waals surface area (Å²) < 4.78 is 62.1. The first kappa shape index (κ1) is 25.7. The Morgan fingerprint density at radius 2 is 1.39 bits per heavy atom. The Kier molecular flexibility index (Phi) is 7.64. The molecule has 4 aromatic carbocycles. The third-order valence-corrected chi connectivity index (χ3v) is 8.68. The fourth-order valence-electron chi connectivity index (χ4n) is 3.37. The average Bonchev–Trinajstić information content (AvgIpc) is 2.88. The van der Waals surface area contributed by atoms with Crippen LogP contribution < -0.4 is 19.5 Å². The molecule has 10 heteroatoms. The Morgan fingerprint density at radius 3 is 2.08 bits per heavy atom. The van der Waals surface area contributed by atoms with Crippen molar-refractivity contribution in [2.75, 3.05) is 12.4 Å². The van der Waals surface area contributed by atoms with Crippen LogP contribution in [-0.4, -0.2) is 23.9 Å². The van der Waals surface area contributed by atoms with Crippen molar-refractivity contribution in [3.63, 3.8) is 0 Å². The first-order chi connectivity index (χ1) is 17.2. The van der Waals surface area contributed by atoms with Crippen molar-refractivity contribution in [2.45, 2.75) is 21.2 Å². The molecule has 36 heavy (non-hydrogen) atoms. The highest BCUT2D eigenvalue weighted by molar-refractivity contribution is 7.91. The molecule has 186 valence electrons. The minimum Gasteiger partial charge on any atom is -0.497 e. The number of hydrogen-bond acceptors (Lipinski definition) is 7. The SMILES string of the molecule is COc1cccc(CNc2ccc(OS(=O)(=O)c3cccc(S(=O)(=O)c4ccc(P)cc4)c3)cc2)c1. The van der Waals surface area contributed by atoms with E-state index in [0.717, 1.165) is 28.4 Å². The minimum absolute atomic E-state index is 0.0706. The molecule has 1 atom stereocenters. The molecular weight excluding hydrogens is 517 g/mol. The Bertz CT molecular complexity index is 1570. The van der Waals surface area contributed by atoms with Gasteiger partial charge in [-0.15, -0.1) is 9.24 Å². The maximum absolute atomic E-state index is 13.0. The molecule has 0 saturated carbocycles. The molecule has 0 aromatic heterocycles. The van der Waals surface area contributed by atoms with Crippen LogP contribution in [0, 0.1) is 0 Å². The summed E-state index contributed by atoms with van der Waals surface area (Å²) in [6.45, 7) is 0.552. The summed E-state index contributed by atoms with van der Waals surface area (Å²) in [6, 6.07) is 25.5. The van der Waals surface area contributed by atoms with Gasteiger partial charge in [0.1, 0.15) is 16.4 Å². The summed E-state index contributed by atoms with van der Waals surface area (Å²) in [6.07, 6.45) is 0. The number of benzene rings is 4. The van der Waals surface area contributed by atoms with Crippen molar-refractivity contribution in [3.8, 4) is 11.5 Å². The molecule has 0 radical (unpaired) electrons. The third-order valence-electron chi connectivity index (χ3n) is 5.29. The number of sulfone groups is 1. The molecule has 0 bridgehead atoms. The quantitative estimate of drug-likeness (QED) is 0.248. The Labute approximate surface area is 213 Å². The van der Waals surface area contributed by atoms with Crippen LogP contribution >= 0.6 is 9.24 Å². The molecule has 1 N–H and O–H groups in total. The van der Waals surface area contributed by atoms with Crippen LogP contribution in [0.1, 0.15) is 5.56 Å². The summed E-state index contributed by atoms with van der Waals surface area (Å²) in [5.74, 6) is 0.865. The second-order valence-electron chi connectivity index (χ2n) is 7.81. The van der Waals surface area contributed by atoms with Gasteiger partial charge in [-0.1, -0.05) is 30.3 Å².